The Balaban J connectivity index is 2.86. The maximum Gasteiger partial charge on any atom is 0.333 e. The van der Waals surface area contributed by atoms with Crippen LogP contribution in [-0.4, -0.2) is 44.3 Å². The molecule has 3 N–H and O–H groups in total. The highest BCUT2D eigenvalue weighted by Crippen LogP contribution is 2.28. The van der Waals surface area contributed by atoms with Crippen molar-refractivity contribution in [2.75, 3.05) is 11.9 Å². The molecule has 0 aliphatic heterocycles. The number of carbonyl (C=O) groups is 2. The number of rotatable bonds is 8. The number of carbonyl (C=O) groups excluding carboxylic acids is 1. The van der Waals surface area contributed by atoms with Crippen molar-refractivity contribution in [3.63, 3.8) is 0 Å². The summed E-state index contributed by atoms with van der Waals surface area (Å²) in [6, 6.07) is -0.732. The van der Waals surface area contributed by atoms with Crippen molar-refractivity contribution >= 4 is 23.4 Å². The molecule has 1 aromatic rings. The van der Waals surface area contributed by atoms with E-state index < -0.39 is 28.8 Å². The molecule has 1 amide bonds. The second-order valence-corrected chi connectivity index (χ2v) is 5.25. The number of nitro groups is 1. The van der Waals surface area contributed by atoms with Crippen LogP contribution < -0.4 is 10.6 Å². The Labute approximate surface area is 133 Å². The molecule has 128 valence electrons. The molecule has 1 aromatic heterocycles. The van der Waals surface area contributed by atoms with Crippen LogP contribution >= 0.6 is 0 Å². The van der Waals surface area contributed by atoms with Crippen molar-refractivity contribution in [1.82, 2.24) is 15.1 Å². The van der Waals surface area contributed by atoms with Gasteiger partial charge in [-0.05, 0) is 13.3 Å². The lowest BCUT2D eigenvalue weighted by Gasteiger charge is -2.18. The minimum absolute atomic E-state index is 0.0150. The van der Waals surface area contributed by atoms with Gasteiger partial charge < -0.3 is 15.7 Å². The van der Waals surface area contributed by atoms with Gasteiger partial charge in [0.05, 0.1) is 10.8 Å². The summed E-state index contributed by atoms with van der Waals surface area (Å²) in [7, 11) is 1.54. The minimum Gasteiger partial charge on any atom is -0.481 e. The molecule has 0 aromatic carbocycles. The molecule has 2 atom stereocenters. The quantitative estimate of drug-likeness (QED) is 0.471. The molecule has 0 saturated heterocycles. The third-order valence-corrected chi connectivity index (χ3v) is 3.41. The predicted octanol–water partition coefficient (Wildman–Crippen LogP) is 0.664. The van der Waals surface area contributed by atoms with Crippen molar-refractivity contribution in [3.05, 3.63) is 15.8 Å². The minimum atomic E-state index is -1.01. The van der Waals surface area contributed by atoms with Crippen LogP contribution in [-0.2, 0) is 16.6 Å². The van der Waals surface area contributed by atoms with Gasteiger partial charge in [0.25, 0.3) is 0 Å². The zero-order valence-corrected chi connectivity index (χ0v) is 13.5. The summed E-state index contributed by atoms with van der Waals surface area (Å²) in [6.45, 7) is 4.72. The molecule has 10 nitrogen and oxygen atoms in total. The molecular weight excluding hydrogens is 306 g/mol. The van der Waals surface area contributed by atoms with Crippen LogP contribution in [0.5, 0.6) is 0 Å². The number of aliphatic carboxylic acids is 1. The zero-order valence-electron chi connectivity index (χ0n) is 13.5. The normalized spacial score (nSPS) is 13.2. The van der Waals surface area contributed by atoms with E-state index in [2.05, 4.69) is 15.7 Å². The Hall–Kier alpha value is -2.65. The molecule has 1 rings (SSSR count). The molecular formula is C13H21N5O5. The molecule has 0 aliphatic rings. The number of nitrogens with one attached hydrogen (secondary N) is 2. The van der Waals surface area contributed by atoms with Gasteiger partial charge in [0, 0.05) is 13.6 Å². The fourth-order valence-electron chi connectivity index (χ4n) is 2.01. The summed E-state index contributed by atoms with van der Waals surface area (Å²) in [5, 5.41) is 29.3. The highest BCUT2D eigenvalue weighted by atomic mass is 16.6. The third kappa shape index (κ3) is 4.41. The highest BCUT2D eigenvalue weighted by molar-refractivity contribution is 5.85. The van der Waals surface area contributed by atoms with Crippen molar-refractivity contribution in [1.29, 1.82) is 0 Å². The molecule has 10 heteroatoms. The first-order chi connectivity index (χ1) is 10.7. The van der Waals surface area contributed by atoms with Crippen molar-refractivity contribution in [2.45, 2.75) is 33.2 Å². The average Bonchev–Trinajstić information content (AvgIpc) is 2.75. The molecule has 0 fully saturated rings. The number of aryl methyl sites for hydroxylation is 2. The summed E-state index contributed by atoms with van der Waals surface area (Å²) < 4.78 is 1.31. The first-order valence-corrected chi connectivity index (χ1v) is 7.14. The van der Waals surface area contributed by atoms with Gasteiger partial charge in [0.15, 0.2) is 0 Å². The molecule has 0 bridgehead atoms. The van der Waals surface area contributed by atoms with Crippen molar-refractivity contribution in [2.24, 2.45) is 13.0 Å². The maximum absolute atomic E-state index is 12.1. The first kappa shape index (κ1) is 18.4. The van der Waals surface area contributed by atoms with Gasteiger partial charge in [-0.3, -0.25) is 19.7 Å². The van der Waals surface area contributed by atoms with E-state index in [9.17, 15) is 19.7 Å². The standard InChI is InChI=1S/C13H21N5O5/c1-5-9(12(19)14-6-7(2)13(20)21)15-11-10(18(22)23)8(3)16-17(11)4/h7,9,15H,5-6H2,1-4H3,(H,14,19)(H,20,21)/t7-,9+/m0/s1. The van der Waals surface area contributed by atoms with Gasteiger partial charge in [-0.1, -0.05) is 13.8 Å². The number of anilines is 1. The van der Waals surface area contributed by atoms with E-state index in [0.717, 1.165) is 0 Å². The third-order valence-electron chi connectivity index (χ3n) is 3.41. The zero-order chi connectivity index (χ0) is 17.7. The Bertz CT molecular complexity index is 612. The summed E-state index contributed by atoms with van der Waals surface area (Å²) >= 11 is 0. The van der Waals surface area contributed by atoms with E-state index in [4.69, 9.17) is 5.11 Å². The maximum atomic E-state index is 12.1. The van der Waals surface area contributed by atoms with Crippen LogP contribution in [0.1, 0.15) is 26.0 Å². The molecule has 0 unspecified atom stereocenters. The largest absolute Gasteiger partial charge is 0.481 e. The molecule has 23 heavy (non-hydrogen) atoms. The Morgan fingerprint density at radius 3 is 2.57 bits per heavy atom. The topological polar surface area (TPSA) is 139 Å². The van der Waals surface area contributed by atoms with Crippen LogP contribution in [0.3, 0.4) is 0 Å². The van der Waals surface area contributed by atoms with Crippen LogP contribution in [0.15, 0.2) is 0 Å². The van der Waals surface area contributed by atoms with Gasteiger partial charge in [-0.25, -0.2) is 4.68 Å². The van der Waals surface area contributed by atoms with Crippen molar-refractivity contribution in [3.8, 4) is 0 Å². The Morgan fingerprint density at radius 1 is 1.48 bits per heavy atom. The molecule has 0 saturated carbocycles. The van der Waals surface area contributed by atoms with E-state index in [1.54, 1.807) is 14.0 Å². The molecule has 0 spiro atoms. The second kappa shape index (κ2) is 7.56. The van der Waals surface area contributed by atoms with Crippen molar-refractivity contribution < 1.29 is 19.6 Å². The van der Waals surface area contributed by atoms with Gasteiger partial charge in [-0.15, -0.1) is 0 Å². The lowest BCUT2D eigenvalue weighted by molar-refractivity contribution is -0.384. The van der Waals surface area contributed by atoms with Gasteiger partial charge in [0.2, 0.25) is 11.7 Å². The van der Waals surface area contributed by atoms with Gasteiger partial charge >= 0.3 is 11.7 Å². The second-order valence-electron chi connectivity index (χ2n) is 5.25. The molecule has 0 radical (unpaired) electrons. The highest BCUT2D eigenvalue weighted by Gasteiger charge is 2.28. The van der Waals surface area contributed by atoms with E-state index in [-0.39, 0.29) is 23.7 Å². The number of carboxylic acids is 1. The summed E-state index contributed by atoms with van der Waals surface area (Å²) in [5.74, 6) is -2.01. The molecule has 0 aliphatic carbocycles. The Morgan fingerprint density at radius 2 is 2.09 bits per heavy atom. The average molecular weight is 327 g/mol. The fraction of sp³-hybridized carbons (Fsp3) is 0.615. The predicted molar refractivity (Wildman–Crippen MR) is 82.1 cm³/mol. The van der Waals surface area contributed by atoms with E-state index in [0.29, 0.717) is 6.42 Å². The summed E-state index contributed by atoms with van der Waals surface area (Å²) in [4.78, 5) is 33.5. The summed E-state index contributed by atoms with van der Waals surface area (Å²) in [5.41, 5.74) is 0.0624. The van der Waals surface area contributed by atoms with Gasteiger partial charge in [0.1, 0.15) is 11.7 Å². The number of hydrogen-bond acceptors (Lipinski definition) is 6. The fourth-order valence-corrected chi connectivity index (χ4v) is 2.01. The molecule has 1 heterocycles. The number of nitrogens with zero attached hydrogens (tertiary/aromatic N) is 3. The van der Waals surface area contributed by atoms with E-state index in [1.165, 1.54) is 18.5 Å². The first-order valence-electron chi connectivity index (χ1n) is 7.14. The SMILES string of the molecule is CC[C@@H](Nc1c([N+](=O)[O-])c(C)nn1C)C(=O)NC[C@H](C)C(=O)O. The number of carboxylic acid groups (broad SMARTS) is 1. The van der Waals surface area contributed by atoms with E-state index >= 15 is 0 Å². The summed E-state index contributed by atoms with van der Waals surface area (Å²) in [6.07, 6.45) is 0.370. The lowest BCUT2D eigenvalue weighted by Crippen LogP contribution is -2.42. The number of amides is 1. The lowest BCUT2D eigenvalue weighted by atomic mass is 10.1. The van der Waals surface area contributed by atoms with Crippen LogP contribution in [0.2, 0.25) is 0 Å². The van der Waals surface area contributed by atoms with Crippen LogP contribution in [0, 0.1) is 23.0 Å². The van der Waals surface area contributed by atoms with E-state index in [1.807, 2.05) is 0 Å². The number of hydrogen-bond donors (Lipinski definition) is 3. The van der Waals surface area contributed by atoms with Gasteiger partial charge in [-0.2, -0.15) is 5.10 Å². The van der Waals surface area contributed by atoms with Crippen LogP contribution in [0.25, 0.3) is 0 Å². The monoisotopic (exact) mass is 327 g/mol. The Kier molecular flexibility index (Phi) is 6.05. The van der Waals surface area contributed by atoms with Crippen LogP contribution in [0.4, 0.5) is 11.5 Å². The smallest absolute Gasteiger partial charge is 0.333 e. The number of aromatic nitrogens is 2.